The van der Waals surface area contributed by atoms with E-state index in [4.69, 9.17) is 4.98 Å². The fraction of sp³-hybridized carbons (Fsp3) is 0.250. The Labute approximate surface area is 146 Å². The van der Waals surface area contributed by atoms with Gasteiger partial charge in [0.1, 0.15) is 5.82 Å². The van der Waals surface area contributed by atoms with Gasteiger partial charge >= 0.3 is 0 Å². The maximum atomic E-state index is 12.3. The third-order valence-electron chi connectivity index (χ3n) is 4.59. The van der Waals surface area contributed by atoms with Crippen LogP contribution in [0.2, 0.25) is 0 Å². The van der Waals surface area contributed by atoms with Gasteiger partial charge in [0.15, 0.2) is 0 Å². The van der Waals surface area contributed by atoms with Crippen LogP contribution in [0.4, 0.5) is 5.82 Å². The number of pyridine rings is 2. The minimum Gasteiger partial charge on any atom is -0.355 e. The number of carbonyl (C=O) groups is 1. The molecular weight excluding hydrogens is 312 g/mol. The topological polar surface area (TPSA) is 58.1 Å². The molecule has 0 bridgehead atoms. The van der Waals surface area contributed by atoms with Crippen molar-refractivity contribution in [2.24, 2.45) is 0 Å². The number of para-hydroxylation sites is 1. The van der Waals surface area contributed by atoms with Crippen molar-refractivity contribution in [3.05, 3.63) is 66.5 Å². The Morgan fingerprint density at radius 1 is 1.12 bits per heavy atom. The van der Waals surface area contributed by atoms with E-state index in [1.807, 2.05) is 18.2 Å². The molecule has 1 N–H and O–H groups in total. The molecule has 3 heterocycles. The molecule has 126 valence electrons. The van der Waals surface area contributed by atoms with Crippen LogP contribution in [0.1, 0.15) is 23.2 Å². The van der Waals surface area contributed by atoms with E-state index >= 15 is 0 Å². The zero-order chi connectivity index (χ0) is 17.1. The van der Waals surface area contributed by atoms with Crippen molar-refractivity contribution >= 4 is 22.6 Å². The number of anilines is 1. The number of hydrogen-bond donors (Lipinski definition) is 1. The number of nitrogens with one attached hydrogen (secondary N) is 1. The second kappa shape index (κ2) is 6.89. The van der Waals surface area contributed by atoms with Crippen LogP contribution in [-0.2, 0) is 0 Å². The van der Waals surface area contributed by atoms with E-state index in [-0.39, 0.29) is 11.9 Å². The maximum absolute atomic E-state index is 12.3. The second-order valence-electron chi connectivity index (χ2n) is 6.36. The van der Waals surface area contributed by atoms with Crippen LogP contribution in [0.15, 0.2) is 60.9 Å². The number of rotatable bonds is 3. The molecule has 1 saturated heterocycles. The predicted molar refractivity (Wildman–Crippen MR) is 98.7 cm³/mol. The Bertz CT molecular complexity index is 881. The summed E-state index contributed by atoms with van der Waals surface area (Å²) < 4.78 is 0. The summed E-state index contributed by atoms with van der Waals surface area (Å²) in [4.78, 5) is 23.4. The minimum atomic E-state index is -0.0635. The van der Waals surface area contributed by atoms with Gasteiger partial charge in [0.05, 0.1) is 11.1 Å². The van der Waals surface area contributed by atoms with Gasteiger partial charge in [-0.15, -0.1) is 0 Å². The average molecular weight is 332 g/mol. The molecule has 4 rings (SSSR count). The molecule has 3 aromatic rings. The quantitative estimate of drug-likeness (QED) is 0.801. The highest BCUT2D eigenvalue weighted by atomic mass is 16.1. The Kier molecular flexibility index (Phi) is 4.29. The number of carbonyl (C=O) groups excluding carboxylic acids is 1. The molecule has 1 fully saturated rings. The molecule has 2 aromatic heterocycles. The van der Waals surface area contributed by atoms with Gasteiger partial charge < -0.3 is 10.2 Å². The van der Waals surface area contributed by atoms with Gasteiger partial charge in [-0.05, 0) is 43.2 Å². The lowest BCUT2D eigenvalue weighted by atomic mass is 10.0. The number of piperidine rings is 1. The largest absolute Gasteiger partial charge is 0.355 e. The predicted octanol–water partition coefficient (Wildman–Crippen LogP) is 3.03. The number of aromatic nitrogens is 2. The van der Waals surface area contributed by atoms with Crippen LogP contribution in [0.25, 0.3) is 10.9 Å². The molecule has 1 aliphatic heterocycles. The standard InChI is InChI=1S/C20H20N4O/c25-20(16-6-3-11-21-13-16)22-17-7-4-12-24(14-17)19-10-9-15-5-1-2-8-18(15)23-19/h1-3,5-6,8-11,13,17H,4,7,12,14H2,(H,22,25). The van der Waals surface area contributed by atoms with Gasteiger partial charge in [-0.1, -0.05) is 18.2 Å². The molecule has 1 amide bonds. The van der Waals surface area contributed by atoms with Crippen LogP contribution in [-0.4, -0.2) is 35.0 Å². The van der Waals surface area contributed by atoms with Gasteiger partial charge in [0.25, 0.3) is 5.91 Å². The van der Waals surface area contributed by atoms with Crippen molar-refractivity contribution in [2.45, 2.75) is 18.9 Å². The number of amides is 1. The zero-order valence-corrected chi connectivity index (χ0v) is 13.9. The summed E-state index contributed by atoms with van der Waals surface area (Å²) in [6, 6.07) is 16.0. The molecule has 1 aromatic carbocycles. The molecule has 0 aliphatic carbocycles. The van der Waals surface area contributed by atoms with Gasteiger partial charge in [-0.25, -0.2) is 4.98 Å². The van der Waals surface area contributed by atoms with Crippen molar-refractivity contribution in [2.75, 3.05) is 18.0 Å². The first-order valence-corrected chi connectivity index (χ1v) is 8.61. The fourth-order valence-corrected chi connectivity index (χ4v) is 3.30. The summed E-state index contributed by atoms with van der Waals surface area (Å²) >= 11 is 0. The fourth-order valence-electron chi connectivity index (χ4n) is 3.30. The highest BCUT2D eigenvalue weighted by Crippen LogP contribution is 2.21. The highest BCUT2D eigenvalue weighted by Gasteiger charge is 2.23. The summed E-state index contributed by atoms with van der Waals surface area (Å²) in [6.07, 6.45) is 5.29. The van der Waals surface area contributed by atoms with Crippen molar-refractivity contribution < 1.29 is 4.79 Å². The van der Waals surface area contributed by atoms with E-state index in [9.17, 15) is 4.79 Å². The smallest absolute Gasteiger partial charge is 0.253 e. The van der Waals surface area contributed by atoms with E-state index in [0.29, 0.717) is 5.56 Å². The highest BCUT2D eigenvalue weighted by molar-refractivity contribution is 5.94. The second-order valence-corrected chi connectivity index (χ2v) is 6.36. The van der Waals surface area contributed by atoms with Crippen molar-refractivity contribution in [1.29, 1.82) is 0 Å². The van der Waals surface area contributed by atoms with Crippen LogP contribution in [0.5, 0.6) is 0 Å². The molecule has 5 heteroatoms. The molecule has 25 heavy (non-hydrogen) atoms. The van der Waals surface area contributed by atoms with Crippen molar-refractivity contribution in [3.8, 4) is 0 Å². The Morgan fingerprint density at radius 2 is 2.04 bits per heavy atom. The summed E-state index contributed by atoms with van der Waals surface area (Å²) in [5, 5.41) is 4.27. The van der Waals surface area contributed by atoms with Crippen LogP contribution in [0.3, 0.4) is 0 Å². The van der Waals surface area contributed by atoms with Gasteiger partial charge in [0, 0.05) is 36.9 Å². The average Bonchev–Trinajstić information content (AvgIpc) is 2.68. The normalized spacial score (nSPS) is 17.4. The molecule has 1 atom stereocenters. The molecule has 0 spiro atoms. The lowest BCUT2D eigenvalue weighted by Crippen LogP contribution is -2.48. The van der Waals surface area contributed by atoms with E-state index in [0.717, 1.165) is 42.7 Å². The summed E-state index contributed by atoms with van der Waals surface area (Å²) in [5.74, 6) is 0.908. The van der Waals surface area contributed by atoms with E-state index in [2.05, 4.69) is 33.4 Å². The summed E-state index contributed by atoms with van der Waals surface area (Å²) in [6.45, 7) is 1.74. The molecule has 0 radical (unpaired) electrons. The first-order valence-electron chi connectivity index (χ1n) is 8.61. The first-order chi connectivity index (χ1) is 12.3. The lowest BCUT2D eigenvalue weighted by Gasteiger charge is -2.34. The molecule has 0 saturated carbocycles. The number of fused-ring (bicyclic) bond motifs is 1. The van der Waals surface area contributed by atoms with Crippen LogP contribution >= 0.6 is 0 Å². The summed E-state index contributed by atoms with van der Waals surface area (Å²) in [7, 11) is 0. The lowest BCUT2D eigenvalue weighted by molar-refractivity contribution is 0.0932. The number of nitrogens with zero attached hydrogens (tertiary/aromatic N) is 3. The first kappa shape index (κ1) is 15.6. The zero-order valence-electron chi connectivity index (χ0n) is 13.9. The third kappa shape index (κ3) is 3.45. The SMILES string of the molecule is O=C(NC1CCCN(c2ccc3ccccc3n2)C1)c1cccnc1. The summed E-state index contributed by atoms with van der Waals surface area (Å²) in [5.41, 5.74) is 1.60. The molecule has 1 unspecified atom stereocenters. The van der Waals surface area contributed by atoms with Crippen LogP contribution < -0.4 is 10.2 Å². The van der Waals surface area contributed by atoms with E-state index in [1.165, 1.54) is 0 Å². The Hall–Kier alpha value is -2.95. The van der Waals surface area contributed by atoms with E-state index in [1.54, 1.807) is 24.5 Å². The van der Waals surface area contributed by atoms with Crippen molar-refractivity contribution in [3.63, 3.8) is 0 Å². The third-order valence-corrected chi connectivity index (χ3v) is 4.59. The Balaban J connectivity index is 1.47. The maximum Gasteiger partial charge on any atom is 0.253 e. The van der Waals surface area contributed by atoms with Crippen molar-refractivity contribution in [1.82, 2.24) is 15.3 Å². The van der Waals surface area contributed by atoms with Crippen LogP contribution in [0, 0.1) is 0 Å². The van der Waals surface area contributed by atoms with Gasteiger partial charge in [-0.2, -0.15) is 0 Å². The Morgan fingerprint density at radius 3 is 2.92 bits per heavy atom. The number of hydrogen-bond acceptors (Lipinski definition) is 4. The molecular formula is C20H20N4O. The van der Waals surface area contributed by atoms with Gasteiger partial charge in [-0.3, -0.25) is 9.78 Å². The number of benzene rings is 1. The van der Waals surface area contributed by atoms with E-state index < -0.39 is 0 Å². The molecule has 1 aliphatic rings. The minimum absolute atomic E-state index is 0.0635. The van der Waals surface area contributed by atoms with Gasteiger partial charge in [0.2, 0.25) is 0 Å². The molecule has 5 nitrogen and oxygen atoms in total. The monoisotopic (exact) mass is 332 g/mol.